The molecule has 7 nitrogen and oxygen atoms in total. The molecule has 0 aliphatic rings. The average molecular weight is 387 g/mol. The molecular weight excluding hydrogens is 366 g/mol. The Kier molecular flexibility index (Phi) is 6.87. The minimum atomic E-state index is -0.447. The minimum absolute atomic E-state index is 0.00510. The zero-order chi connectivity index (χ0) is 20.5. The van der Waals surface area contributed by atoms with Crippen LogP contribution in [0.1, 0.15) is 11.1 Å². The van der Waals surface area contributed by atoms with Gasteiger partial charge in [0.1, 0.15) is 17.3 Å². The zero-order valence-corrected chi connectivity index (χ0v) is 16.1. The number of aromatic nitrogens is 3. The lowest BCUT2D eigenvalue weighted by molar-refractivity contribution is -0.117. The maximum Gasteiger partial charge on any atom is 0.262 e. The second kappa shape index (κ2) is 9.97. The van der Waals surface area contributed by atoms with Gasteiger partial charge in [0.25, 0.3) is 5.91 Å². The number of rotatable bonds is 8. The van der Waals surface area contributed by atoms with Crippen molar-refractivity contribution in [2.24, 2.45) is 0 Å². The van der Waals surface area contributed by atoms with E-state index >= 15 is 0 Å². The third-order valence-electron chi connectivity index (χ3n) is 4.17. The molecule has 0 radical (unpaired) electrons. The Bertz CT molecular complexity index is 1020. The molecule has 2 heterocycles. The van der Waals surface area contributed by atoms with Crippen molar-refractivity contribution in [2.75, 3.05) is 20.3 Å². The number of ether oxygens (including phenoxy) is 1. The van der Waals surface area contributed by atoms with E-state index in [-0.39, 0.29) is 5.57 Å². The summed E-state index contributed by atoms with van der Waals surface area (Å²) in [5.74, 6) is -0.447. The molecular formula is C22H21N5O2. The van der Waals surface area contributed by atoms with Crippen LogP contribution in [0.25, 0.3) is 17.3 Å². The van der Waals surface area contributed by atoms with Crippen LogP contribution < -0.4 is 5.32 Å². The summed E-state index contributed by atoms with van der Waals surface area (Å²) in [5, 5.41) is 16.8. The van der Waals surface area contributed by atoms with Gasteiger partial charge in [0, 0.05) is 43.4 Å². The number of hydrogen-bond acceptors (Lipinski definition) is 5. The molecule has 3 aromatic rings. The minimum Gasteiger partial charge on any atom is -0.383 e. The molecule has 3 rings (SSSR count). The number of amides is 1. The Hall–Kier alpha value is -3.76. The summed E-state index contributed by atoms with van der Waals surface area (Å²) in [6, 6.07) is 15.6. The van der Waals surface area contributed by atoms with Crippen molar-refractivity contribution in [3.05, 3.63) is 77.8 Å². The lowest BCUT2D eigenvalue weighted by atomic mass is 10.1. The first-order valence-corrected chi connectivity index (χ1v) is 9.12. The van der Waals surface area contributed by atoms with Crippen molar-refractivity contribution < 1.29 is 9.53 Å². The van der Waals surface area contributed by atoms with E-state index in [2.05, 4.69) is 15.4 Å². The first-order valence-electron chi connectivity index (χ1n) is 9.12. The van der Waals surface area contributed by atoms with Crippen LogP contribution in [0.15, 0.2) is 66.6 Å². The van der Waals surface area contributed by atoms with Gasteiger partial charge >= 0.3 is 0 Å². The number of nitrogens with zero attached hydrogens (tertiary/aromatic N) is 4. The monoisotopic (exact) mass is 387 g/mol. The molecule has 0 fully saturated rings. The smallest absolute Gasteiger partial charge is 0.262 e. The van der Waals surface area contributed by atoms with Crippen LogP contribution in [0.4, 0.5) is 0 Å². The Morgan fingerprint density at radius 3 is 2.79 bits per heavy atom. The quantitative estimate of drug-likeness (QED) is 0.364. The number of nitriles is 1. The van der Waals surface area contributed by atoms with Crippen molar-refractivity contribution in [2.45, 2.75) is 6.54 Å². The summed E-state index contributed by atoms with van der Waals surface area (Å²) in [4.78, 5) is 16.5. The summed E-state index contributed by atoms with van der Waals surface area (Å²) in [5.41, 5.74) is 3.24. The molecule has 146 valence electrons. The highest BCUT2D eigenvalue weighted by Gasteiger charge is 2.14. The van der Waals surface area contributed by atoms with E-state index in [0.29, 0.717) is 31.0 Å². The fourth-order valence-corrected chi connectivity index (χ4v) is 2.79. The molecule has 1 aromatic carbocycles. The van der Waals surface area contributed by atoms with Gasteiger partial charge < -0.3 is 10.1 Å². The van der Waals surface area contributed by atoms with Crippen LogP contribution in [0.5, 0.6) is 0 Å². The SMILES string of the molecule is COCCNC(=O)/C(C#N)=C\c1cn(Cc2ccccc2)nc1-c1cccnc1. The molecule has 0 saturated carbocycles. The summed E-state index contributed by atoms with van der Waals surface area (Å²) >= 11 is 0. The number of carbonyl (C=O) groups is 1. The lowest BCUT2D eigenvalue weighted by Crippen LogP contribution is -2.27. The first kappa shape index (κ1) is 20.0. The Morgan fingerprint density at radius 1 is 1.28 bits per heavy atom. The number of nitrogens with one attached hydrogen (secondary N) is 1. The van der Waals surface area contributed by atoms with Gasteiger partial charge in [-0.2, -0.15) is 10.4 Å². The number of pyridine rings is 1. The van der Waals surface area contributed by atoms with Gasteiger partial charge in [-0.3, -0.25) is 14.5 Å². The van der Waals surface area contributed by atoms with Crippen LogP contribution in [-0.2, 0) is 16.1 Å². The molecule has 0 atom stereocenters. The first-order chi connectivity index (χ1) is 14.2. The molecule has 29 heavy (non-hydrogen) atoms. The predicted molar refractivity (Wildman–Crippen MR) is 109 cm³/mol. The van der Waals surface area contributed by atoms with E-state index in [1.165, 1.54) is 0 Å². The van der Waals surface area contributed by atoms with Gasteiger partial charge in [-0.15, -0.1) is 0 Å². The second-order valence-electron chi connectivity index (χ2n) is 6.28. The highest BCUT2D eigenvalue weighted by molar-refractivity contribution is 6.02. The van der Waals surface area contributed by atoms with Gasteiger partial charge in [-0.05, 0) is 23.8 Å². The van der Waals surface area contributed by atoms with Crippen molar-refractivity contribution in [1.29, 1.82) is 5.26 Å². The van der Waals surface area contributed by atoms with Crippen LogP contribution in [-0.4, -0.2) is 40.9 Å². The summed E-state index contributed by atoms with van der Waals surface area (Å²) in [7, 11) is 1.55. The van der Waals surface area contributed by atoms with E-state index in [1.54, 1.807) is 30.3 Å². The van der Waals surface area contributed by atoms with Crippen molar-refractivity contribution >= 4 is 12.0 Å². The standard InChI is InChI=1S/C22H21N5O2/c1-29-11-10-25-22(28)19(13-23)12-20-16-27(15-17-6-3-2-4-7-17)26-21(20)18-8-5-9-24-14-18/h2-9,12,14,16H,10-11,15H2,1H3,(H,25,28)/b19-12-. The van der Waals surface area contributed by atoms with Gasteiger partial charge in [-0.1, -0.05) is 30.3 Å². The lowest BCUT2D eigenvalue weighted by Gasteiger charge is -2.03. The average Bonchev–Trinajstić information content (AvgIpc) is 3.15. The van der Waals surface area contributed by atoms with E-state index in [4.69, 9.17) is 4.74 Å². The van der Waals surface area contributed by atoms with Crippen LogP contribution >= 0.6 is 0 Å². The van der Waals surface area contributed by atoms with Crippen molar-refractivity contribution in [3.63, 3.8) is 0 Å². The maximum atomic E-state index is 12.3. The van der Waals surface area contributed by atoms with Crippen LogP contribution in [0, 0.1) is 11.3 Å². The number of hydrogen-bond donors (Lipinski definition) is 1. The van der Waals surface area contributed by atoms with E-state index in [9.17, 15) is 10.1 Å². The number of carbonyl (C=O) groups excluding carboxylic acids is 1. The van der Waals surface area contributed by atoms with Gasteiger partial charge in [0.2, 0.25) is 0 Å². The van der Waals surface area contributed by atoms with Crippen LogP contribution in [0.2, 0.25) is 0 Å². The van der Waals surface area contributed by atoms with E-state index in [0.717, 1.165) is 11.1 Å². The van der Waals surface area contributed by atoms with Gasteiger partial charge in [0.05, 0.1) is 13.2 Å². The third kappa shape index (κ3) is 5.37. The van der Waals surface area contributed by atoms with E-state index < -0.39 is 5.91 Å². The molecule has 0 aliphatic heterocycles. The topological polar surface area (TPSA) is 92.8 Å². The van der Waals surface area contributed by atoms with Gasteiger partial charge in [-0.25, -0.2) is 0 Å². The summed E-state index contributed by atoms with van der Waals surface area (Å²) in [6.45, 7) is 1.28. The fourth-order valence-electron chi connectivity index (χ4n) is 2.79. The predicted octanol–water partition coefficient (Wildman–Crippen LogP) is 2.66. The molecule has 1 N–H and O–H groups in total. The largest absolute Gasteiger partial charge is 0.383 e. The van der Waals surface area contributed by atoms with Crippen LogP contribution in [0.3, 0.4) is 0 Å². The fraction of sp³-hybridized carbons (Fsp3) is 0.182. The molecule has 0 spiro atoms. The third-order valence-corrected chi connectivity index (χ3v) is 4.17. The highest BCUT2D eigenvalue weighted by atomic mass is 16.5. The normalized spacial score (nSPS) is 11.1. The molecule has 7 heteroatoms. The van der Waals surface area contributed by atoms with Gasteiger partial charge in [0.15, 0.2) is 0 Å². The summed E-state index contributed by atoms with van der Waals surface area (Å²) in [6.07, 6.45) is 6.77. The molecule has 0 unspecified atom stereocenters. The van der Waals surface area contributed by atoms with Crippen molar-refractivity contribution in [3.8, 4) is 17.3 Å². The number of benzene rings is 1. The second-order valence-corrected chi connectivity index (χ2v) is 6.28. The van der Waals surface area contributed by atoms with E-state index in [1.807, 2.05) is 54.7 Å². The Morgan fingerprint density at radius 2 is 2.10 bits per heavy atom. The molecule has 0 aliphatic carbocycles. The Balaban J connectivity index is 1.95. The van der Waals surface area contributed by atoms with Crippen molar-refractivity contribution in [1.82, 2.24) is 20.1 Å². The number of methoxy groups -OCH3 is 1. The molecule has 0 bridgehead atoms. The molecule has 2 aromatic heterocycles. The molecule has 1 amide bonds. The molecule has 0 saturated heterocycles. The highest BCUT2D eigenvalue weighted by Crippen LogP contribution is 2.24. The zero-order valence-electron chi connectivity index (χ0n) is 16.1. The maximum absolute atomic E-state index is 12.3. The summed E-state index contributed by atoms with van der Waals surface area (Å²) < 4.78 is 6.72. The Labute approximate surface area is 169 Å².